The van der Waals surface area contributed by atoms with E-state index in [1.54, 1.807) is 20.3 Å². The molecule has 4 heteroatoms. The Morgan fingerprint density at radius 3 is 2.48 bits per heavy atom. The van der Waals surface area contributed by atoms with Crippen LogP contribution in [0.3, 0.4) is 0 Å². The summed E-state index contributed by atoms with van der Waals surface area (Å²) >= 11 is 0. The summed E-state index contributed by atoms with van der Waals surface area (Å²) in [5.41, 5.74) is 3.35. The maximum atomic E-state index is 12.7. The summed E-state index contributed by atoms with van der Waals surface area (Å²) in [6, 6.07) is 13.9. The van der Waals surface area contributed by atoms with Crippen LogP contribution in [0.5, 0.6) is 11.5 Å². The molecule has 2 aromatic carbocycles. The molecule has 0 saturated carbocycles. The summed E-state index contributed by atoms with van der Waals surface area (Å²) in [6.07, 6.45) is 4.32. The number of rotatable bonds is 4. The van der Waals surface area contributed by atoms with E-state index in [2.05, 4.69) is 6.92 Å². The molecule has 0 bridgehead atoms. The highest BCUT2D eigenvalue weighted by Gasteiger charge is 2.28. The molecule has 0 aromatic heterocycles. The van der Waals surface area contributed by atoms with Crippen LogP contribution < -0.4 is 9.47 Å². The molecule has 1 aliphatic rings. The van der Waals surface area contributed by atoms with Crippen molar-refractivity contribution >= 4 is 12.0 Å². The van der Waals surface area contributed by atoms with Gasteiger partial charge in [-0.05, 0) is 48.2 Å². The maximum absolute atomic E-state index is 12.7. The molecular weight excluding hydrogens is 314 g/mol. The van der Waals surface area contributed by atoms with Crippen LogP contribution in [0.4, 0.5) is 0 Å². The molecule has 2 aromatic rings. The van der Waals surface area contributed by atoms with Gasteiger partial charge in [-0.15, -0.1) is 0 Å². The molecule has 25 heavy (non-hydrogen) atoms. The fraction of sp³-hybridized carbons (Fsp3) is 0.286. The molecule has 1 amide bonds. The third kappa shape index (κ3) is 3.53. The lowest BCUT2D eigenvalue weighted by Gasteiger charge is -2.35. The predicted molar refractivity (Wildman–Crippen MR) is 98.9 cm³/mol. The molecule has 0 spiro atoms. The second kappa shape index (κ2) is 7.43. The molecule has 1 aliphatic heterocycles. The van der Waals surface area contributed by atoms with Gasteiger partial charge in [-0.1, -0.05) is 30.3 Å². The van der Waals surface area contributed by atoms with Crippen LogP contribution in [0.25, 0.3) is 6.08 Å². The molecule has 0 radical (unpaired) electrons. The molecular formula is C21H23NO3. The zero-order chi connectivity index (χ0) is 17.8. The molecule has 3 rings (SSSR count). The van der Waals surface area contributed by atoms with Crippen LogP contribution in [0, 0.1) is 0 Å². The topological polar surface area (TPSA) is 38.8 Å². The number of carbonyl (C=O) groups is 1. The zero-order valence-electron chi connectivity index (χ0n) is 14.9. The number of hydrogen-bond donors (Lipinski definition) is 0. The maximum Gasteiger partial charge on any atom is 0.247 e. The lowest BCUT2D eigenvalue weighted by atomic mass is 9.92. The summed E-state index contributed by atoms with van der Waals surface area (Å²) in [7, 11) is 3.27. The van der Waals surface area contributed by atoms with Crippen LogP contribution in [0.1, 0.15) is 29.7 Å². The van der Waals surface area contributed by atoms with Gasteiger partial charge < -0.3 is 14.4 Å². The van der Waals surface area contributed by atoms with Gasteiger partial charge in [0, 0.05) is 12.6 Å². The number of carbonyl (C=O) groups excluding carboxylic acids is 1. The van der Waals surface area contributed by atoms with Crippen molar-refractivity contribution in [2.45, 2.75) is 19.4 Å². The van der Waals surface area contributed by atoms with Gasteiger partial charge in [-0.2, -0.15) is 0 Å². The van der Waals surface area contributed by atoms with E-state index >= 15 is 0 Å². The van der Waals surface area contributed by atoms with E-state index in [1.165, 1.54) is 5.56 Å². The van der Waals surface area contributed by atoms with Crippen molar-refractivity contribution in [2.24, 2.45) is 0 Å². The summed E-state index contributed by atoms with van der Waals surface area (Å²) in [4.78, 5) is 14.5. The molecule has 1 heterocycles. The molecule has 0 N–H and O–H groups in total. The van der Waals surface area contributed by atoms with E-state index in [4.69, 9.17) is 9.47 Å². The van der Waals surface area contributed by atoms with E-state index in [1.807, 2.05) is 53.4 Å². The van der Waals surface area contributed by atoms with Gasteiger partial charge in [-0.3, -0.25) is 4.79 Å². The monoisotopic (exact) mass is 337 g/mol. The number of fused-ring (bicyclic) bond motifs is 1. The number of amides is 1. The highest BCUT2D eigenvalue weighted by molar-refractivity contribution is 5.92. The highest BCUT2D eigenvalue weighted by atomic mass is 16.5. The Balaban J connectivity index is 1.82. The van der Waals surface area contributed by atoms with Crippen molar-refractivity contribution in [3.63, 3.8) is 0 Å². The Morgan fingerprint density at radius 1 is 1.12 bits per heavy atom. The number of ether oxygens (including phenoxy) is 2. The number of methoxy groups -OCH3 is 2. The van der Waals surface area contributed by atoms with Crippen molar-refractivity contribution in [2.75, 3.05) is 20.8 Å². The first-order chi connectivity index (χ1) is 12.1. The Kier molecular flexibility index (Phi) is 5.08. The van der Waals surface area contributed by atoms with E-state index < -0.39 is 0 Å². The smallest absolute Gasteiger partial charge is 0.247 e. The largest absolute Gasteiger partial charge is 0.493 e. The van der Waals surface area contributed by atoms with Crippen molar-refractivity contribution in [3.8, 4) is 11.5 Å². The van der Waals surface area contributed by atoms with Crippen LogP contribution in [-0.2, 0) is 11.2 Å². The average Bonchev–Trinajstić information content (AvgIpc) is 2.66. The van der Waals surface area contributed by atoms with E-state index in [-0.39, 0.29) is 11.9 Å². The lowest BCUT2D eigenvalue weighted by molar-refractivity contribution is -0.128. The second-order valence-corrected chi connectivity index (χ2v) is 6.11. The van der Waals surface area contributed by atoms with Crippen LogP contribution >= 0.6 is 0 Å². The van der Waals surface area contributed by atoms with Gasteiger partial charge in [0.25, 0.3) is 0 Å². The molecule has 4 nitrogen and oxygen atoms in total. The quantitative estimate of drug-likeness (QED) is 0.795. The van der Waals surface area contributed by atoms with E-state index in [0.29, 0.717) is 12.3 Å². The first kappa shape index (κ1) is 17.1. The Bertz CT molecular complexity index is 783. The normalized spacial score (nSPS) is 16.6. The second-order valence-electron chi connectivity index (χ2n) is 6.11. The van der Waals surface area contributed by atoms with Gasteiger partial charge in [0.1, 0.15) is 0 Å². The Labute approximate surface area is 148 Å². The van der Waals surface area contributed by atoms with Crippen molar-refractivity contribution in [3.05, 3.63) is 65.2 Å². The SMILES string of the molecule is COc1cc2c(cc1OC)[C@@H](C)N(C(=O)/C=C/c1ccccc1)CC2. The molecule has 1 atom stereocenters. The zero-order valence-corrected chi connectivity index (χ0v) is 14.9. The first-order valence-corrected chi connectivity index (χ1v) is 8.42. The standard InChI is InChI=1S/C21H23NO3/c1-15-18-14-20(25-3)19(24-2)13-17(18)11-12-22(15)21(23)10-9-16-7-5-4-6-8-16/h4-10,13-15H,11-12H2,1-3H3/b10-9+/t15-/m1/s1. The summed E-state index contributed by atoms with van der Waals surface area (Å²) in [6.45, 7) is 2.75. The minimum Gasteiger partial charge on any atom is -0.493 e. The minimum absolute atomic E-state index is 0.00326. The third-order valence-corrected chi connectivity index (χ3v) is 4.69. The summed E-state index contributed by atoms with van der Waals surface area (Å²) in [5, 5.41) is 0. The van der Waals surface area contributed by atoms with E-state index in [9.17, 15) is 4.79 Å². The van der Waals surface area contributed by atoms with E-state index in [0.717, 1.165) is 23.3 Å². The minimum atomic E-state index is -0.00326. The molecule has 0 fully saturated rings. The van der Waals surface area contributed by atoms with Gasteiger partial charge in [0.2, 0.25) is 5.91 Å². The van der Waals surface area contributed by atoms with Crippen LogP contribution in [-0.4, -0.2) is 31.6 Å². The van der Waals surface area contributed by atoms with Gasteiger partial charge >= 0.3 is 0 Å². The number of benzene rings is 2. The predicted octanol–water partition coefficient (Wildman–Crippen LogP) is 3.86. The summed E-state index contributed by atoms with van der Waals surface area (Å²) < 4.78 is 10.8. The van der Waals surface area contributed by atoms with Gasteiger partial charge in [-0.25, -0.2) is 0 Å². The fourth-order valence-corrected chi connectivity index (χ4v) is 3.27. The molecule has 130 valence electrons. The molecule has 0 aliphatic carbocycles. The molecule has 0 saturated heterocycles. The van der Waals surface area contributed by atoms with Gasteiger partial charge in [0.05, 0.1) is 20.3 Å². The fourth-order valence-electron chi connectivity index (χ4n) is 3.27. The number of hydrogen-bond acceptors (Lipinski definition) is 3. The Hall–Kier alpha value is -2.75. The Morgan fingerprint density at radius 2 is 1.80 bits per heavy atom. The van der Waals surface area contributed by atoms with Crippen molar-refractivity contribution in [1.82, 2.24) is 4.90 Å². The van der Waals surface area contributed by atoms with Crippen LogP contribution in [0.2, 0.25) is 0 Å². The lowest BCUT2D eigenvalue weighted by Crippen LogP contribution is -2.37. The number of nitrogens with zero attached hydrogens (tertiary/aromatic N) is 1. The highest BCUT2D eigenvalue weighted by Crippen LogP contribution is 2.37. The van der Waals surface area contributed by atoms with Crippen LogP contribution in [0.15, 0.2) is 48.5 Å². The average molecular weight is 337 g/mol. The van der Waals surface area contributed by atoms with Crippen molar-refractivity contribution < 1.29 is 14.3 Å². The van der Waals surface area contributed by atoms with Gasteiger partial charge in [0.15, 0.2) is 11.5 Å². The first-order valence-electron chi connectivity index (χ1n) is 8.42. The third-order valence-electron chi connectivity index (χ3n) is 4.69. The molecule has 0 unspecified atom stereocenters. The van der Waals surface area contributed by atoms with Crippen molar-refractivity contribution in [1.29, 1.82) is 0 Å². The summed E-state index contributed by atoms with van der Waals surface area (Å²) in [5.74, 6) is 1.45.